The summed E-state index contributed by atoms with van der Waals surface area (Å²) >= 11 is 0. The predicted molar refractivity (Wildman–Crippen MR) is 72.8 cm³/mol. The number of hydrogen-bond donors (Lipinski definition) is 1. The zero-order valence-corrected chi connectivity index (χ0v) is 12.8. The van der Waals surface area contributed by atoms with Crippen molar-refractivity contribution in [2.75, 3.05) is 27.2 Å². The van der Waals surface area contributed by atoms with Gasteiger partial charge < -0.3 is 4.74 Å². The smallest absolute Gasteiger partial charge is 0.306 e. The van der Waals surface area contributed by atoms with Gasteiger partial charge in [0, 0.05) is 20.1 Å². The van der Waals surface area contributed by atoms with E-state index in [0.29, 0.717) is 6.54 Å². The molecule has 0 aromatic rings. The van der Waals surface area contributed by atoms with Crippen LogP contribution >= 0.6 is 0 Å². The van der Waals surface area contributed by atoms with Gasteiger partial charge in [0.25, 0.3) is 10.2 Å². The molecule has 112 valence electrons. The van der Waals surface area contributed by atoms with E-state index in [2.05, 4.69) is 16.4 Å². The van der Waals surface area contributed by atoms with Crippen LogP contribution in [0.1, 0.15) is 39.0 Å². The number of nitrogens with one attached hydrogen (secondary N) is 1. The summed E-state index contributed by atoms with van der Waals surface area (Å²) < 4.78 is 32.3. The second-order valence-electron chi connectivity index (χ2n) is 5.49. The first-order valence-electron chi connectivity index (χ1n) is 6.57. The zero-order chi connectivity index (χ0) is 14.5. The van der Waals surface area contributed by atoms with Crippen molar-refractivity contribution in [2.45, 2.75) is 39.0 Å². The standard InChI is InChI=1S/C12H24N2O4S/c1-12(7-4-5-8-12)10-13-19(16,17)14(2)9-6-11(15)18-3/h13H,4-10H2,1-3H3. The number of methoxy groups -OCH3 is 1. The molecule has 6 nitrogen and oxygen atoms in total. The van der Waals surface area contributed by atoms with Crippen molar-refractivity contribution >= 4 is 16.2 Å². The molecule has 7 heteroatoms. The van der Waals surface area contributed by atoms with E-state index in [-0.39, 0.29) is 18.4 Å². The quantitative estimate of drug-likeness (QED) is 0.707. The highest BCUT2D eigenvalue weighted by molar-refractivity contribution is 7.87. The van der Waals surface area contributed by atoms with E-state index < -0.39 is 16.2 Å². The molecule has 0 heterocycles. The molecule has 0 atom stereocenters. The SMILES string of the molecule is COC(=O)CCN(C)S(=O)(=O)NCC1(C)CCCC1. The normalized spacial score (nSPS) is 18.7. The summed E-state index contributed by atoms with van der Waals surface area (Å²) in [4.78, 5) is 11.0. The third kappa shape index (κ3) is 5.08. The molecule has 1 N–H and O–H groups in total. The average molecular weight is 292 g/mol. The minimum absolute atomic E-state index is 0.0607. The van der Waals surface area contributed by atoms with Gasteiger partial charge in [-0.25, -0.2) is 4.72 Å². The first-order valence-corrected chi connectivity index (χ1v) is 8.01. The van der Waals surface area contributed by atoms with Crippen molar-refractivity contribution < 1.29 is 17.9 Å². The maximum Gasteiger partial charge on any atom is 0.306 e. The van der Waals surface area contributed by atoms with Crippen molar-refractivity contribution in [1.29, 1.82) is 0 Å². The zero-order valence-electron chi connectivity index (χ0n) is 11.9. The molecule has 0 aliphatic heterocycles. The Hall–Kier alpha value is -0.660. The average Bonchev–Trinajstić information content (AvgIpc) is 2.80. The first kappa shape index (κ1) is 16.4. The number of carbonyl (C=O) groups is 1. The Kier molecular flexibility index (Phi) is 5.76. The number of esters is 1. The lowest BCUT2D eigenvalue weighted by Crippen LogP contribution is -2.43. The molecule has 0 unspecified atom stereocenters. The minimum Gasteiger partial charge on any atom is -0.469 e. The molecule has 1 fully saturated rings. The molecule has 0 spiro atoms. The maximum atomic E-state index is 12.0. The molecule has 1 aliphatic rings. The van der Waals surface area contributed by atoms with Crippen LogP contribution in [0.3, 0.4) is 0 Å². The molecule has 1 rings (SSSR count). The fraction of sp³-hybridized carbons (Fsp3) is 0.917. The summed E-state index contributed by atoms with van der Waals surface area (Å²) in [5.74, 6) is -0.412. The van der Waals surface area contributed by atoms with Crippen LogP contribution in [0.15, 0.2) is 0 Å². The summed E-state index contributed by atoms with van der Waals surface area (Å²) in [6, 6.07) is 0. The van der Waals surface area contributed by atoms with Crippen LogP contribution in [0.25, 0.3) is 0 Å². The van der Waals surface area contributed by atoms with Gasteiger partial charge in [0.2, 0.25) is 0 Å². The van der Waals surface area contributed by atoms with Gasteiger partial charge in [-0.3, -0.25) is 4.79 Å². The minimum atomic E-state index is -3.51. The Morgan fingerprint density at radius 3 is 2.47 bits per heavy atom. The Labute approximate surface area is 115 Å². The molecule has 19 heavy (non-hydrogen) atoms. The van der Waals surface area contributed by atoms with E-state index in [1.807, 2.05) is 0 Å². The van der Waals surface area contributed by atoms with Gasteiger partial charge in [0.15, 0.2) is 0 Å². The molecular weight excluding hydrogens is 268 g/mol. The van der Waals surface area contributed by atoms with E-state index in [1.54, 1.807) is 0 Å². The van der Waals surface area contributed by atoms with Gasteiger partial charge in [0.1, 0.15) is 0 Å². The van der Waals surface area contributed by atoms with Gasteiger partial charge in [-0.05, 0) is 18.3 Å². The van der Waals surface area contributed by atoms with E-state index in [9.17, 15) is 13.2 Å². The first-order chi connectivity index (χ1) is 8.79. The third-order valence-corrected chi connectivity index (χ3v) is 5.27. The van der Waals surface area contributed by atoms with Gasteiger partial charge >= 0.3 is 5.97 Å². The van der Waals surface area contributed by atoms with Crippen LogP contribution in [0.4, 0.5) is 0 Å². The lowest BCUT2D eigenvalue weighted by Gasteiger charge is -2.25. The van der Waals surface area contributed by atoms with Crippen molar-refractivity contribution in [2.24, 2.45) is 5.41 Å². The van der Waals surface area contributed by atoms with Crippen LogP contribution in [0, 0.1) is 5.41 Å². The molecular formula is C12H24N2O4S. The number of ether oxygens (including phenoxy) is 1. The molecule has 0 saturated heterocycles. The second kappa shape index (κ2) is 6.67. The van der Waals surface area contributed by atoms with E-state index in [1.165, 1.54) is 14.2 Å². The lowest BCUT2D eigenvalue weighted by atomic mass is 9.89. The number of rotatable bonds is 7. The highest BCUT2D eigenvalue weighted by Gasteiger charge is 2.30. The predicted octanol–water partition coefficient (Wildman–Crippen LogP) is 0.896. The van der Waals surface area contributed by atoms with E-state index >= 15 is 0 Å². The van der Waals surface area contributed by atoms with Crippen LogP contribution in [-0.4, -0.2) is 45.9 Å². The number of hydrogen-bond acceptors (Lipinski definition) is 4. The summed E-state index contributed by atoms with van der Waals surface area (Å²) in [6.45, 7) is 2.69. The van der Waals surface area contributed by atoms with Gasteiger partial charge in [-0.2, -0.15) is 12.7 Å². The highest BCUT2D eigenvalue weighted by Crippen LogP contribution is 2.36. The Bertz CT molecular complexity index is 402. The number of nitrogens with zero attached hydrogens (tertiary/aromatic N) is 1. The Balaban J connectivity index is 2.43. The Morgan fingerprint density at radius 1 is 1.37 bits per heavy atom. The molecule has 0 amide bonds. The van der Waals surface area contributed by atoms with Gasteiger partial charge in [0.05, 0.1) is 13.5 Å². The summed E-state index contributed by atoms with van der Waals surface area (Å²) in [7, 11) is -0.766. The molecule has 0 bridgehead atoms. The lowest BCUT2D eigenvalue weighted by molar-refractivity contribution is -0.140. The topological polar surface area (TPSA) is 75.7 Å². The fourth-order valence-electron chi connectivity index (χ4n) is 2.25. The van der Waals surface area contributed by atoms with E-state index in [4.69, 9.17) is 0 Å². The van der Waals surface area contributed by atoms with Crippen molar-refractivity contribution in [3.8, 4) is 0 Å². The van der Waals surface area contributed by atoms with Crippen LogP contribution in [-0.2, 0) is 19.7 Å². The van der Waals surface area contributed by atoms with Gasteiger partial charge in [-0.15, -0.1) is 0 Å². The Morgan fingerprint density at radius 2 is 1.95 bits per heavy atom. The molecule has 0 aromatic heterocycles. The van der Waals surface area contributed by atoms with Crippen molar-refractivity contribution in [3.05, 3.63) is 0 Å². The largest absolute Gasteiger partial charge is 0.469 e. The van der Waals surface area contributed by atoms with Crippen LogP contribution in [0.5, 0.6) is 0 Å². The number of carbonyl (C=O) groups excluding carboxylic acids is 1. The van der Waals surface area contributed by atoms with Crippen LogP contribution < -0.4 is 4.72 Å². The molecule has 1 aliphatic carbocycles. The maximum absolute atomic E-state index is 12.0. The van der Waals surface area contributed by atoms with Gasteiger partial charge in [-0.1, -0.05) is 19.8 Å². The van der Waals surface area contributed by atoms with Crippen molar-refractivity contribution in [3.63, 3.8) is 0 Å². The summed E-state index contributed by atoms with van der Waals surface area (Å²) in [6.07, 6.45) is 4.50. The third-order valence-electron chi connectivity index (χ3n) is 3.76. The highest BCUT2D eigenvalue weighted by atomic mass is 32.2. The van der Waals surface area contributed by atoms with Crippen molar-refractivity contribution in [1.82, 2.24) is 9.03 Å². The molecule has 0 aromatic carbocycles. The monoisotopic (exact) mass is 292 g/mol. The van der Waals surface area contributed by atoms with Crippen LogP contribution in [0.2, 0.25) is 0 Å². The summed E-state index contributed by atoms with van der Waals surface area (Å²) in [5.41, 5.74) is 0.0657. The molecule has 1 saturated carbocycles. The fourth-order valence-corrected chi connectivity index (χ4v) is 3.33. The second-order valence-corrected chi connectivity index (χ2v) is 7.35. The molecule has 0 radical (unpaired) electrons. The van der Waals surface area contributed by atoms with E-state index in [0.717, 1.165) is 30.0 Å². The summed E-state index contributed by atoms with van der Waals surface area (Å²) in [5, 5.41) is 0.